The predicted octanol–water partition coefficient (Wildman–Crippen LogP) is 4.32. The van der Waals surface area contributed by atoms with Crippen LogP contribution in [0.4, 0.5) is 37.7 Å². The highest BCUT2D eigenvalue weighted by molar-refractivity contribution is 5.83. The molecule has 0 amide bonds. The zero-order chi connectivity index (χ0) is 19.4. The lowest BCUT2D eigenvalue weighted by molar-refractivity contribution is -0.0695. The highest BCUT2D eigenvalue weighted by Gasteiger charge is 2.26. The van der Waals surface area contributed by atoms with E-state index in [1.165, 1.54) is 24.3 Å². The average Bonchev–Trinajstić information content (AvgIpc) is 2.53. The molecule has 0 bridgehead atoms. The van der Waals surface area contributed by atoms with E-state index >= 15 is 0 Å². The normalized spacial score (nSPS) is 11.3. The molecule has 5 nitrogen and oxygen atoms in total. The fourth-order valence-corrected chi connectivity index (χ4v) is 2.11. The molecule has 0 unspecified atom stereocenters. The summed E-state index contributed by atoms with van der Waals surface area (Å²) >= 11 is 0. The highest BCUT2D eigenvalue weighted by Crippen LogP contribution is 2.49. The summed E-state index contributed by atoms with van der Waals surface area (Å²) in [4.78, 5) is 0. The number of anilines is 2. The van der Waals surface area contributed by atoms with E-state index in [4.69, 9.17) is 11.5 Å². The molecule has 0 saturated carbocycles. The van der Waals surface area contributed by atoms with Crippen LogP contribution in [-0.4, -0.2) is 19.8 Å². The largest absolute Gasteiger partial charge is 0.432 e. The summed E-state index contributed by atoms with van der Waals surface area (Å²) < 4.78 is 88.5. The van der Waals surface area contributed by atoms with Crippen LogP contribution in [0, 0.1) is 0 Å². The molecule has 0 fully saturated rings. The number of rotatable bonds is 7. The van der Waals surface area contributed by atoms with Gasteiger partial charge in [-0.25, -0.2) is 0 Å². The van der Waals surface area contributed by atoms with Gasteiger partial charge in [0.05, 0.1) is 0 Å². The minimum absolute atomic E-state index is 0.132. The molecule has 0 aliphatic heterocycles. The van der Waals surface area contributed by atoms with E-state index in [9.17, 15) is 26.3 Å². The zero-order valence-electron chi connectivity index (χ0n) is 12.8. The molecule has 142 valence electrons. The number of halogens is 6. The van der Waals surface area contributed by atoms with Crippen molar-refractivity contribution in [2.45, 2.75) is 19.8 Å². The van der Waals surface area contributed by atoms with Crippen LogP contribution in [0.25, 0.3) is 11.1 Å². The molecule has 0 aliphatic rings. The number of ether oxygens (including phenoxy) is 3. The van der Waals surface area contributed by atoms with Gasteiger partial charge in [0, 0.05) is 11.3 Å². The molecule has 0 radical (unpaired) electrons. The van der Waals surface area contributed by atoms with Crippen molar-refractivity contribution in [1.82, 2.24) is 0 Å². The first-order chi connectivity index (χ1) is 12.2. The number of hydrogen-bond acceptors (Lipinski definition) is 5. The van der Waals surface area contributed by atoms with Gasteiger partial charge in [-0.2, -0.15) is 26.3 Å². The van der Waals surface area contributed by atoms with Gasteiger partial charge in [0.2, 0.25) is 0 Å². The summed E-state index contributed by atoms with van der Waals surface area (Å²) in [6, 6.07) is 6.26. The zero-order valence-corrected chi connectivity index (χ0v) is 12.8. The van der Waals surface area contributed by atoms with Crippen LogP contribution in [-0.2, 0) is 0 Å². The Balaban J connectivity index is 2.73. The lowest BCUT2D eigenvalue weighted by Gasteiger charge is -2.20. The van der Waals surface area contributed by atoms with Crippen LogP contribution in [0.5, 0.6) is 17.2 Å². The highest BCUT2D eigenvalue weighted by atomic mass is 19.3. The number of hydrogen-bond donors (Lipinski definition) is 2. The van der Waals surface area contributed by atoms with Crippen molar-refractivity contribution in [2.75, 3.05) is 11.5 Å². The van der Waals surface area contributed by atoms with E-state index in [0.717, 1.165) is 6.07 Å². The minimum Gasteiger partial charge on any atom is -0.432 e. The monoisotopic (exact) mass is 382 g/mol. The Morgan fingerprint density at radius 1 is 0.692 bits per heavy atom. The van der Waals surface area contributed by atoms with Crippen LogP contribution < -0.4 is 25.7 Å². The van der Waals surface area contributed by atoms with Gasteiger partial charge >= 0.3 is 19.8 Å². The first-order valence-electron chi connectivity index (χ1n) is 6.85. The van der Waals surface area contributed by atoms with E-state index in [1.807, 2.05) is 0 Å². The molecule has 0 saturated heterocycles. The van der Waals surface area contributed by atoms with Gasteiger partial charge in [-0.3, -0.25) is 0 Å². The second kappa shape index (κ2) is 7.93. The first kappa shape index (κ1) is 19.3. The van der Waals surface area contributed by atoms with E-state index in [0.29, 0.717) is 5.69 Å². The number of alkyl halides is 6. The Kier molecular flexibility index (Phi) is 5.90. The first-order valence-corrected chi connectivity index (χ1v) is 6.85. The summed E-state index contributed by atoms with van der Waals surface area (Å²) in [6.45, 7) is -10.3. The van der Waals surface area contributed by atoms with Crippen LogP contribution in [0.3, 0.4) is 0 Å². The van der Waals surface area contributed by atoms with E-state index < -0.39 is 42.8 Å². The van der Waals surface area contributed by atoms with Crippen LogP contribution in [0.15, 0.2) is 30.3 Å². The van der Waals surface area contributed by atoms with Crippen molar-refractivity contribution in [3.63, 3.8) is 0 Å². The standard InChI is InChI=1S/C15H12F6N2O3/c16-13(17)24-9-5-8(6-1-3-7(22)4-2-6)11(25-14(18)19)12(10(9)23)26-15(20)21/h1-5,13-15H,22-23H2. The second-order valence-corrected chi connectivity index (χ2v) is 4.75. The van der Waals surface area contributed by atoms with Crippen LogP contribution >= 0.6 is 0 Å². The van der Waals surface area contributed by atoms with Gasteiger partial charge in [-0.15, -0.1) is 0 Å². The van der Waals surface area contributed by atoms with Crippen molar-refractivity contribution in [3.05, 3.63) is 30.3 Å². The summed E-state index contributed by atoms with van der Waals surface area (Å²) in [6.07, 6.45) is 0. The number of benzene rings is 2. The molecular weight excluding hydrogens is 370 g/mol. The van der Waals surface area contributed by atoms with Gasteiger partial charge < -0.3 is 25.7 Å². The van der Waals surface area contributed by atoms with E-state index in [-0.39, 0.29) is 11.1 Å². The lowest BCUT2D eigenvalue weighted by atomic mass is 10.0. The van der Waals surface area contributed by atoms with Crippen LogP contribution in [0.2, 0.25) is 0 Å². The Morgan fingerprint density at radius 3 is 1.69 bits per heavy atom. The number of nitrogen functional groups attached to an aromatic ring is 2. The summed E-state index contributed by atoms with van der Waals surface area (Å²) in [7, 11) is 0. The summed E-state index contributed by atoms with van der Waals surface area (Å²) in [5.41, 5.74) is 10.3. The smallest absolute Gasteiger partial charge is 0.387 e. The molecule has 4 N–H and O–H groups in total. The molecule has 26 heavy (non-hydrogen) atoms. The lowest BCUT2D eigenvalue weighted by Crippen LogP contribution is -2.12. The van der Waals surface area contributed by atoms with Gasteiger partial charge in [0.1, 0.15) is 5.69 Å². The molecule has 0 aliphatic carbocycles. The topological polar surface area (TPSA) is 79.7 Å². The maximum absolute atomic E-state index is 12.8. The molecule has 0 heterocycles. The third kappa shape index (κ3) is 4.55. The van der Waals surface area contributed by atoms with Crippen LogP contribution in [0.1, 0.15) is 0 Å². The van der Waals surface area contributed by atoms with E-state index in [1.54, 1.807) is 0 Å². The minimum atomic E-state index is -3.49. The van der Waals surface area contributed by atoms with Gasteiger partial charge in [0.25, 0.3) is 0 Å². The predicted molar refractivity (Wildman–Crippen MR) is 80.6 cm³/mol. The second-order valence-electron chi connectivity index (χ2n) is 4.75. The summed E-state index contributed by atoms with van der Waals surface area (Å²) in [5.74, 6) is -2.65. The molecule has 0 aromatic heterocycles. The van der Waals surface area contributed by atoms with Gasteiger partial charge in [0.15, 0.2) is 17.2 Å². The molecule has 0 spiro atoms. The molecule has 11 heteroatoms. The SMILES string of the molecule is Nc1ccc(-c2cc(OC(F)F)c(N)c(OC(F)F)c2OC(F)F)cc1. The molecule has 2 aromatic carbocycles. The van der Waals surface area contributed by atoms with Crippen molar-refractivity contribution in [1.29, 1.82) is 0 Å². The Labute approximate surface area is 143 Å². The Hall–Kier alpha value is -2.98. The fourth-order valence-electron chi connectivity index (χ4n) is 2.11. The van der Waals surface area contributed by atoms with Crippen molar-refractivity contribution >= 4 is 11.4 Å². The number of nitrogens with two attached hydrogens (primary N) is 2. The van der Waals surface area contributed by atoms with Crippen molar-refractivity contribution < 1.29 is 40.6 Å². The third-order valence-electron chi connectivity index (χ3n) is 3.09. The maximum Gasteiger partial charge on any atom is 0.387 e. The van der Waals surface area contributed by atoms with Gasteiger partial charge in [-0.05, 0) is 23.8 Å². The Morgan fingerprint density at radius 2 is 1.19 bits per heavy atom. The molecular formula is C15H12F6N2O3. The molecule has 2 aromatic rings. The van der Waals surface area contributed by atoms with Crippen molar-refractivity contribution in [3.8, 4) is 28.4 Å². The average molecular weight is 382 g/mol. The Bertz CT molecular complexity index is 756. The quantitative estimate of drug-likeness (QED) is 0.551. The summed E-state index contributed by atoms with van der Waals surface area (Å²) in [5, 5.41) is 0. The maximum atomic E-state index is 12.8. The van der Waals surface area contributed by atoms with E-state index in [2.05, 4.69) is 14.2 Å². The van der Waals surface area contributed by atoms with Crippen molar-refractivity contribution in [2.24, 2.45) is 0 Å². The molecule has 0 atom stereocenters. The third-order valence-corrected chi connectivity index (χ3v) is 3.09. The van der Waals surface area contributed by atoms with Gasteiger partial charge in [-0.1, -0.05) is 12.1 Å². The fraction of sp³-hybridized carbons (Fsp3) is 0.200. The molecule has 2 rings (SSSR count).